The van der Waals surface area contributed by atoms with Gasteiger partial charge in [0.05, 0.1) is 27.4 Å². The first-order valence-electron chi connectivity index (χ1n) is 8.83. The molecule has 1 aromatic heterocycles. The highest BCUT2D eigenvalue weighted by molar-refractivity contribution is 7.18. The van der Waals surface area contributed by atoms with E-state index in [4.69, 9.17) is 9.84 Å². The molecular formula is C20H21F3N2O2S. The van der Waals surface area contributed by atoms with Gasteiger partial charge >= 0.3 is 6.18 Å². The Morgan fingerprint density at radius 3 is 2.54 bits per heavy atom. The normalized spacial score (nSPS) is 12.1. The summed E-state index contributed by atoms with van der Waals surface area (Å²) in [5, 5.41) is 9.73. The SMILES string of the molecule is CN(CCO)CCOc1ccc2nc(Cc3ccc(C(F)(F)F)cc3)sc2c1. The van der Waals surface area contributed by atoms with Crippen molar-refractivity contribution in [3.63, 3.8) is 0 Å². The van der Waals surface area contributed by atoms with E-state index in [0.717, 1.165) is 38.7 Å². The fraction of sp³-hybridized carbons (Fsp3) is 0.350. The van der Waals surface area contributed by atoms with Gasteiger partial charge in [0, 0.05) is 19.5 Å². The predicted octanol–water partition coefficient (Wildman–Crippen LogP) is 4.21. The largest absolute Gasteiger partial charge is 0.492 e. The Morgan fingerprint density at radius 1 is 1.11 bits per heavy atom. The van der Waals surface area contributed by atoms with Gasteiger partial charge in [0.1, 0.15) is 12.4 Å². The highest BCUT2D eigenvalue weighted by atomic mass is 32.1. The molecule has 0 bridgehead atoms. The van der Waals surface area contributed by atoms with Gasteiger partial charge in [-0.05, 0) is 42.9 Å². The smallest absolute Gasteiger partial charge is 0.416 e. The summed E-state index contributed by atoms with van der Waals surface area (Å²) in [4.78, 5) is 6.54. The van der Waals surface area contributed by atoms with Crippen LogP contribution >= 0.6 is 11.3 Å². The lowest BCUT2D eigenvalue weighted by molar-refractivity contribution is -0.137. The van der Waals surface area contributed by atoms with Crippen molar-refractivity contribution in [3.05, 3.63) is 58.6 Å². The van der Waals surface area contributed by atoms with E-state index in [1.807, 2.05) is 30.1 Å². The average molecular weight is 410 g/mol. The third kappa shape index (κ3) is 5.43. The van der Waals surface area contributed by atoms with Crippen LogP contribution in [0.15, 0.2) is 42.5 Å². The molecule has 1 heterocycles. The number of rotatable bonds is 8. The van der Waals surface area contributed by atoms with Gasteiger partial charge < -0.3 is 14.7 Å². The second kappa shape index (κ2) is 8.89. The minimum Gasteiger partial charge on any atom is -0.492 e. The van der Waals surface area contributed by atoms with Gasteiger partial charge in [-0.2, -0.15) is 13.2 Å². The molecule has 0 saturated heterocycles. The molecule has 2 aromatic carbocycles. The van der Waals surface area contributed by atoms with Crippen molar-refractivity contribution in [1.29, 1.82) is 0 Å². The molecule has 0 radical (unpaired) electrons. The summed E-state index contributed by atoms with van der Waals surface area (Å²) >= 11 is 1.51. The van der Waals surface area contributed by atoms with Crippen LogP contribution in [0.1, 0.15) is 16.1 Å². The van der Waals surface area contributed by atoms with Crippen LogP contribution < -0.4 is 4.74 Å². The first kappa shape index (κ1) is 20.6. The van der Waals surface area contributed by atoms with Gasteiger partial charge in [0.25, 0.3) is 0 Å². The summed E-state index contributed by atoms with van der Waals surface area (Å²) in [6.45, 7) is 1.94. The molecule has 0 spiro atoms. The molecule has 0 amide bonds. The van der Waals surface area contributed by atoms with Crippen molar-refractivity contribution in [3.8, 4) is 5.75 Å². The van der Waals surface area contributed by atoms with Crippen LogP contribution in [0.4, 0.5) is 13.2 Å². The number of nitrogens with zero attached hydrogens (tertiary/aromatic N) is 2. The molecule has 4 nitrogen and oxygen atoms in total. The molecule has 0 aliphatic carbocycles. The van der Waals surface area contributed by atoms with E-state index in [0.29, 0.717) is 26.1 Å². The van der Waals surface area contributed by atoms with E-state index in [1.54, 1.807) is 0 Å². The van der Waals surface area contributed by atoms with Crippen LogP contribution in [0.25, 0.3) is 10.2 Å². The number of aliphatic hydroxyl groups is 1. The topological polar surface area (TPSA) is 45.6 Å². The number of likely N-dealkylation sites (N-methyl/N-ethyl adjacent to an activating group) is 1. The van der Waals surface area contributed by atoms with Gasteiger partial charge in [-0.1, -0.05) is 12.1 Å². The molecular weight excluding hydrogens is 389 g/mol. The number of halogens is 3. The van der Waals surface area contributed by atoms with E-state index in [2.05, 4.69) is 4.98 Å². The van der Waals surface area contributed by atoms with Crippen molar-refractivity contribution < 1.29 is 23.0 Å². The minimum absolute atomic E-state index is 0.116. The number of aliphatic hydroxyl groups excluding tert-OH is 1. The third-order valence-corrected chi connectivity index (χ3v) is 5.28. The Balaban J connectivity index is 1.64. The molecule has 3 rings (SSSR count). The zero-order chi connectivity index (χ0) is 20.1. The summed E-state index contributed by atoms with van der Waals surface area (Å²) in [6.07, 6.45) is -3.84. The lowest BCUT2D eigenvalue weighted by Crippen LogP contribution is -2.27. The van der Waals surface area contributed by atoms with Crippen LogP contribution in [0.3, 0.4) is 0 Å². The van der Waals surface area contributed by atoms with Crippen LogP contribution in [0.2, 0.25) is 0 Å². The predicted molar refractivity (Wildman–Crippen MR) is 104 cm³/mol. The number of benzene rings is 2. The first-order valence-corrected chi connectivity index (χ1v) is 9.64. The van der Waals surface area contributed by atoms with Crippen molar-refractivity contribution >= 4 is 21.6 Å². The van der Waals surface area contributed by atoms with E-state index in [9.17, 15) is 13.2 Å². The number of alkyl halides is 3. The van der Waals surface area contributed by atoms with Crippen LogP contribution in [-0.4, -0.2) is 48.3 Å². The Bertz CT molecular complexity index is 910. The lowest BCUT2D eigenvalue weighted by Gasteiger charge is -2.15. The molecule has 0 aliphatic rings. The molecule has 0 fully saturated rings. The van der Waals surface area contributed by atoms with Crippen molar-refractivity contribution in [2.45, 2.75) is 12.6 Å². The quantitative estimate of drug-likeness (QED) is 0.604. The maximum Gasteiger partial charge on any atom is 0.416 e. The van der Waals surface area contributed by atoms with Gasteiger partial charge in [-0.25, -0.2) is 4.98 Å². The summed E-state index contributed by atoms with van der Waals surface area (Å²) in [5.74, 6) is 0.745. The van der Waals surface area contributed by atoms with Crippen molar-refractivity contribution in [2.75, 3.05) is 33.4 Å². The number of ether oxygens (including phenoxy) is 1. The summed E-state index contributed by atoms with van der Waals surface area (Å²) < 4.78 is 44.7. The molecule has 0 saturated carbocycles. The van der Waals surface area contributed by atoms with E-state index < -0.39 is 11.7 Å². The maximum absolute atomic E-state index is 12.7. The fourth-order valence-corrected chi connectivity index (χ4v) is 3.74. The van der Waals surface area contributed by atoms with E-state index >= 15 is 0 Å². The molecule has 8 heteroatoms. The molecule has 0 unspecified atom stereocenters. The number of hydrogen-bond donors (Lipinski definition) is 1. The van der Waals surface area contributed by atoms with Crippen LogP contribution in [0, 0.1) is 0 Å². The monoisotopic (exact) mass is 410 g/mol. The fourth-order valence-electron chi connectivity index (χ4n) is 2.71. The molecule has 0 aliphatic heterocycles. The van der Waals surface area contributed by atoms with Crippen LogP contribution in [0.5, 0.6) is 5.75 Å². The van der Waals surface area contributed by atoms with Gasteiger partial charge in [0.2, 0.25) is 0 Å². The lowest BCUT2D eigenvalue weighted by atomic mass is 10.1. The van der Waals surface area contributed by atoms with Crippen molar-refractivity contribution in [2.24, 2.45) is 0 Å². The molecule has 3 aromatic rings. The van der Waals surface area contributed by atoms with Gasteiger partial charge in [-0.15, -0.1) is 11.3 Å². The molecule has 0 atom stereocenters. The summed E-state index contributed by atoms with van der Waals surface area (Å²) in [5.41, 5.74) is 0.985. The Hall–Kier alpha value is -2.16. The zero-order valence-electron chi connectivity index (χ0n) is 15.4. The van der Waals surface area contributed by atoms with Crippen LogP contribution in [-0.2, 0) is 12.6 Å². The van der Waals surface area contributed by atoms with Gasteiger partial charge in [-0.3, -0.25) is 0 Å². The summed E-state index contributed by atoms with van der Waals surface area (Å²) in [6, 6.07) is 10.9. The van der Waals surface area contributed by atoms with E-state index in [-0.39, 0.29) is 6.61 Å². The molecule has 150 valence electrons. The second-order valence-electron chi connectivity index (χ2n) is 6.48. The first-order chi connectivity index (χ1) is 13.3. The van der Waals surface area contributed by atoms with Gasteiger partial charge in [0.15, 0.2) is 0 Å². The Morgan fingerprint density at radius 2 is 1.86 bits per heavy atom. The summed E-state index contributed by atoms with van der Waals surface area (Å²) in [7, 11) is 1.92. The highest BCUT2D eigenvalue weighted by Gasteiger charge is 2.29. The number of hydrogen-bond acceptors (Lipinski definition) is 5. The van der Waals surface area contributed by atoms with Crippen molar-refractivity contribution in [1.82, 2.24) is 9.88 Å². The van der Waals surface area contributed by atoms with E-state index in [1.165, 1.54) is 23.5 Å². The minimum atomic E-state index is -4.32. The number of aromatic nitrogens is 1. The Labute approximate surface area is 165 Å². The zero-order valence-corrected chi connectivity index (χ0v) is 16.2. The standard InChI is InChI=1S/C20H21F3N2O2S/c1-25(8-10-26)9-11-27-16-6-7-17-18(13-16)28-19(24-17)12-14-2-4-15(5-3-14)20(21,22)23/h2-7,13,26H,8-12H2,1H3. The Kier molecular flexibility index (Phi) is 6.53. The second-order valence-corrected chi connectivity index (χ2v) is 7.60. The highest BCUT2D eigenvalue weighted by Crippen LogP contribution is 2.31. The number of fused-ring (bicyclic) bond motifs is 1. The maximum atomic E-state index is 12.7. The molecule has 28 heavy (non-hydrogen) atoms. The third-order valence-electron chi connectivity index (χ3n) is 4.26. The molecule has 1 N–H and O–H groups in total. The number of thiazole rings is 1. The average Bonchev–Trinajstić information content (AvgIpc) is 3.03.